The van der Waals surface area contributed by atoms with E-state index >= 15 is 0 Å². The van der Waals surface area contributed by atoms with Crippen LogP contribution in [0.5, 0.6) is 0 Å². The van der Waals surface area contributed by atoms with Crippen molar-refractivity contribution in [3.05, 3.63) is 0 Å². The van der Waals surface area contributed by atoms with Gasteiger partial charge in [0.2, 0.25) is 0 Å². The van der Waals surface area contributed by atoms with Gasteiger partial charge in [0.05, 0.1) is 5.94 Å². The highest BCUT2D eigenvalue weighted by molar-refractivity contribution is 7.80. The molecule has 0 saturated carbocycles. The number of hydrogen-bond acceptors (Lipinski definition) is 4. The molecule has 3 nitrogen and oxygen atoms in total. The molecule has 0 saturated heterocycles. The summed E-state index contributed by atoms with van der Waals surface area (Å²) in [6.07, 6.45) is 4.82. The maximum absolute atomic E-state index is 5.47. The molecule has 0 spiro atoms. The van der Waals surface area contributed by atoms with Gasteiger partial charge in [0.15, 0.2) is 0 Å². The summed E-state index contributed by atoms with van der Waals surface area (Å²) in [5.74, 6) is 0.363. The van der Waals surface area contributed by atoms with Crippen molar-refractivity contribution < 1.29 is 13.3 Å². The predicted octanol–water partition coefficient (Wildman–Crippen LogP) is 2.70. The standard InChI is InChI=1S/C9H22O3SSi/c1-4-5-6-7-8-14(10-2,11-3)12-9-13/h13H,4-9H2,1-3H3. The molecule has 0 aliphatic heterocycles. The summed E-state index contributed by atoms with van der Waals surface area (Å²) in [4.78, 5) is 0. The first kappa shape index (κ1) is 14.4. The maximum Gasteiger partial charge on any atom is 0.501 e. The summed E-state index contributed by atoms with van der Waals surface area (Å²) in [5, 5.41) is 0. The van der Waals surface area contributed by atoms with Crippen LogP contribution in [0.4, 0.5) is 0 Å². The first-order valence-corrected chi connectivity index (χ1v) is 7.66. The fourth-order valence-electron chi connectivity index (χ4n) is 1.34. The van der Waals surface area contributed by atoms with Crippen LogP contribution in [0.25, 0.3) is 0 Å². The highest BCUT2D eigenvalue weighted by Gasteiger charge is 2.37. The molecule has 0 aromatic rings. The van der Waals surface area contributed by atoms with Gasteiger partial charge in [0.1, 0.15) is 0 Å². The largest absolute Gasteiger partial charge is 0.501 e. The molecule has 0 heterocycles. The van der Waals surface area contributed by atoms with Crippen molar-refractivity contribution in [3.8, 4) is 0 Å². The molecule has 0 radical (unpaired) electrons. The van der Waals surface area contributed by atoms with Gasteiger partial charge in [-0.2, -0.15) is 12.6 Å². The Morgan fingerprint density at radius 3 is 2.14 bits per heavy atom. The van der Waals surface area contributed by atoms with Crippen LogP contribution in [0.3, 0.4) is 0 Å². The van der Waals surface area contributed by atoms with Crippen LogP contribution < -0.4 is 0 Å². The summed E-state index contributed by atoms with van der Waals surface area (Å²) in [6.45, 7) is 2.20. The van der Waals surface area contributed by atoms with E-state index in [9.17, 15) is 0 Å². The molecule has 0 atom stereocenters. The molecule has 0 bridgehead atoms. The number of thiol groups is 1. The monoisotopic (exact) mass is 238 g/mol. The second kappa shape index (κ2) is 8.73. The molecule has 5 heteroatoms. The van der Waals surface area contributed by atoms with Crippen molar-refractivity contribution in [3.63, 3.8) is 0 Å². The Kier molecular flexibility index (Phi) is 9.01. The lowest BCUT2D eigenvalue weighted by Gasteiger charge is -2.25. The summed E-state index contributed by atoms with van der Waals surface area (Å²) >= 11 is 4.04. The van der Waals surface area contributed by atoms with Crippen LogP contribution in [0.1, 0.15) is 32.6 Å². The van der Waals surface area contributed by atoms with Gasteiger partial charge in [-0.3, -0.25) is 0 Å². The zero-order chi connectivity index (χ0) is 10.9. The average Bonchev–Trinajstić information content (AvgIpc) is 2.23. The van der Waals surface area contributed by atoms with Gasteiger partial charge in [-0.05, 0) is 6.42 Å². The Balaban J connectivity index is 3.82. The van der Waals surface area contributed by atoms with Crippen molar-refractivity contribution in [1.82, 2.24) is 0 Å². The van der Waals surface area contributed by atoms with Gasteiger partial charge in [-0.1, -0.05) is 26.2 Å². The zero-order valence-corrected chi connectivity index (χ0v) is 11.3. The summed E-state index contributed by atoms with van der Waals surface area (Å²) in [5.41, 5.74) is 0. The first-order valence-electron chi connectivity index (χ1n) is 5.09. The normalized spacial score (nSPS) is 12.0. The van der Waals surface area contributed by atoms with E-state index in [0.29, 0.717) is 5.94 Å². The van der Waals surface area contributed by atoms with E-state index in [1.807, 2.05) is 0 Å². The number of hydrogen-bond donors (Lipinski definition) is 1. The van der Waals surface area contributed by atoms with Crippen molar-refractivity contribution >= 4 is 21.4 Å². The average molecular weight is 238 g/mol. The zero-order valence-electron chi connectivity index (χ0n) is 9.41. The van der Waals surface area contributed by atoms with Crippen LogP contribution in [-0.4, -0.2) is 29.0 Å². The van der Waals surface area contributed by atoms with E-state index in [-0.39, 0.29) is 0 Å². The minimum Gasteiger partial charge on any atom is -0.377 e. The van der Waals surface area contributed by atoms with Gasteiger partial charge < -0.3 is 13.3 Å². The quantitative estimate of drug-likeness (QED) is 0.290. The Morgan fingerprint density at radius 1 is 1.07 bits per heavy atom. The lowest BCUT2D eigenvalue weighted by atomic mass is 10.2. The molecule has 0 aliphatic rings. The van der Waals surface area contributed by atoms with Crippen LogP contribution in [0, 0.1) is 0 Å². The molecule has 0 fully saturated rings. The van der Waals surface area contributed by atoms with Crippen molar-refractivity contribution in [2.45, 2.75) is 38.7 Å². The number of rotatable bonds is 9. The predicted molar refractivity (Wildman–Crippen MR) is 63.7 cm³/mol. The Labute approximate surface area is 93.9 Å². The second-order valence-corrected chi connectivity index (χ2v) is 6.40. The smallest absolute Gasteiger partial charge is 0.377 e. The van der Waals surface area contributed by atoms with Gasteiger partial charge >= 0.3 is 8.80 Å². The lowest BCUT2D eigenvalue weighted by Crippen LogP contribution is -2.43. The summed E-state index contributed by atoms with van der Waals surface area (Å²) < 4.78 is 16.2. The van der Waals surface area contributed by atoms with E-state index in [2.05, 4.69) is 19.6 Å². The van der Waals surface area contributed by atoms with Crippen LogP contribution in [0.2, 0.25) is 6.04 Å². The minimum absolute atomic E-state index is 0.363. The van der Waals surface area contributed by atoms with Crippen LogP contribution in [0.15, 0.2) is 0 Å². The fourth-order valence-corrected chi connectivity index (χ4v) is 3.77. The third-order valence-corrected chi connectivity index (χ3v) is 5.41. The molecular formula is C9H22O3SSi. The van der Waals surface area contributed by atoms with Crippen molar-refractivity contribution in [1.29, 1.82) is 0 Å². The molecule has 0 N–H and O–H groups in total. The summed E-state index contributed by atoms with van der Waals surface area (Å²) in [6, 6.07) is 0.889. The molecule has 86 valence electrons. The molecule has 0 aliphatic carbocycles. The lowest BCUT2D eigenvalue weighted by molar-refractivity contribution is 0.117. The third-order valence-electron chi connectivity index (χ3n) is 2.24. The van der Waals surface area contributed by atoms with Crippen LogP contribution >= 0.6 is 12.6 Å². The van der Waals surface area contributed by atoms with Gasteiger partial charge in [-0.25, -0.2) is 0 Å². The fraction of sp³-hybridized carbons (Fsp3) is 1.00. The minimum atomic E-state index is -2.37. The highest BCUT2D eigenvalue weighted by Crippen LogP contribution is 2.18. The molecular weight excluding hydrogens is 216 g/mol. The van der Waals surface area contributed by atoms with Crippen LogP contribution in [-0.2, 0) is 13.3 Å². The molecule has 0 rings (SSSR count). The summed E-state index contributed by atoms with van der Waals surface area (Å²) in [7, 11) is 0.934. The molecule has 0 aromatic heterocycles. The van der Waals surface area contributed by atoms with E-state index in [1.165, 1.54) is 19.3 Å². The van der Waals surface area contributed by atoms with Gasteiger partial charge in [-0.15, -0.1) is 0 Å². The van der Waals surface area contributed by atoms with Crippen molar-refractivity contribution in [2.75, 3.05) is 20.2 Å². The molecule has 0 amide bonds. The van der Waals surface area contributed by atoms with E-state index in [1.54, 1.807) is 14.2 Å². The molecule has 0 unspecified atom stereocenters. The van der Waals surface area contributed by atoms with E-state index in [4.69, 9.17) is 13.3 Å². The number of unbranched alkanes of at least 4 members (excludes halogenated alkanes) is 3. The van der Waals surface area contributed by atoms with Gasteiger partial charge in [0.25, 0.3) is 0 Å². The Hall–Kier alpha value is 0.447. The third kappa shape index (κ3) is 5.36. The van der Waals surface area contributed by atoms with E-state index < -0.39 is 8.80 Å². The van der Waals surface area contributed by atoms with Crippen molar-refractivity contribution in [2.24, 2.45) is 0 Å². The molecule has 0 aromatic carbocycles. The SMILES string of the molecule is CCCCCC[Si](OC)(OC)OCS. The first-order chi connectivity index (χ1) is 6.74. The Bertz CT molecular complexity index is 131. The highest BCUT2D eigenvalue weighted by atomic mass is 32.1. The van der Waals surface area contributed by atoms with Gasteiger partial charge in [0, 0.05) is 20.3 Å². The van der Waals surface area contributed by atoms with E-state index in [0.717, 1.165) is 12.5 Å². The topological polar surface area (TPSA) is 27.7 Å². The second-order valence-electron chi connectivity index (χ2n) is 3.18. The molecule has 14 heavy (non-hydrogen) atoms. The Morgan fingerprint density at radius 2 is 1.71 bits per heavy atom. The maximum atomic E-state index is 5.47.